The first-order valence-corrected chi connectivity index (χ1v) is 20.0. The molecule has 0 unspecified atom stereocenters. The summed E-state index contributed by atoms with van der Waals surface area (Å²) >= 11 is 0. The summed E-state index contributed by atoms with van der Waals surface area (Å²) in [7, 11) is 32.6. The standard InChI is InChI=1S/C54H29B5O/c55-50-49(51(56)53(58)54(59)52(50)57)48-40-16-7-5-14-38(40)46(39-15-6-8-17-41(39)48)42-18-9-19-45-47(42)43-29-34(26-27-44(43)60-45)31-20-23-32(24-21-31)36-12-3-4-13-37(36)35-25-22-30-10-1-2-11-33(30)28-35/h1-29H. The monoisotopic (exact) mass is 748 g/mol. The third kappa shape index (κ3) is 5.62. The molecule has 0 saturated heterocycles. The molecule has 0 N–H and O–H groups in total. The molecule has 11 rings (SSSR count). The molecule has 0 saturated carbocycles. The molecule has 1 heterocycles. The molecular weight excluding hydrogens is 719 g/mol. The minimum atomic E-state index is 0.190. The number of benzene rings is 10. The quantitative estimate of drug-likeness (QED) is 0.126. The predicted molar refractivity (Wildman–Crippen MR) is 260 cm³/mol. The molecule has 0 fully saturated rings. The number of hydrogen-bond acceptors (Lipinski definition) is 1. The van der Waals surface area contributed by atoms with E-state index in [9.17, 15) is 0 Å². The lowest BCUT2D eigenvalue weighted by molar-refractivity contribution is 0.669. The maximum absolute atomic E-state index is 6.73. The highest BCUT2D eigenvalue weighted by atomic mass is 16.3. The average molecular weight is 748 g/mol. The van der Waals surface area contributed by atoms with E-state index in [1.165, 1.54) is 27.5 Å². The van der Waals surface area contributed by atoms with Gasteiger partial charge in [0.25, 0.3) is 0 Å². The van der Waals surface area contributed by atoms with Gasteiger partial charge in [-0.3, -0.25) is 0 Å². The zero-order chi connectivity index (χ0) is 40.6. The van der Waals surface area contributed by atoms with E-state index in [1.54, 1.807) is 0 Å². The Kier molecular flexibility index (Phi) is 8.53. The van der Waals surface area contributed by atoms with Crippen molar-refractivity contribution in [2.75, 3.05) is 0 Å². The fraction of sp³-hybridized carbons (Fsp3) is 0. The second kappa shape index (κ2) is 14.1. The summed E-state index contributed by atoms with van der Waals surface area (Å²) in [6, 6.07) is 62.1. The zero-order valence-electron chi connectivity index (χ0n) is 32.5. The van der Waals surface area contributed by atoms with Crippen LogP contribution in [-0.2, 0) is 0 Å². The summed E-state index contributed by atoms with van der Waals surface area (Å²) in [5, 5.41) is 8.51. The molecule has 0 spiro atoms. The van der Waals surface area contributed by atoms with E-state index >= 15 is 0 Å². The van der Waals surface area contributed by atoms with E-state index in [2.05, 4.69) is 158 Å². The van der Waals surface area contributed by atoms with Crippen molar-refractivity contribution >= 4 is 121 Å². The van der Waals surface area contributed by atoms with Gasteiger partial charge in [-0.05, 0) is 112 Å². The fourth-order valence-corrected chi connectivity index (χ4v) is 9.21. The largest absolute Gasteiger partial charge is 0.456 e. The van der Waals surface area contributed by atoms with Gasteiger partial charge in [0.15, 0.2) is 0 Å². The Morgan fingerprint density at radius 2 is 0.783 bits per heavy atom. The summed E-state index contributed by atoms with van der Waals surface area (Å²) in [6.45, 7) is 0. The number of rotatable bonds is 5. The molecule has 0 aliphatic heterocycles. The minimum Gasteiger partial charge on any atom is -0.456 e. The first-order chi connectivity index (χ1) is 29.4. The van der Waals surface area contributed by atoms with E-state index in [-0.39, 0.29) is 16.4 Å². The van der Waals surface area contributed by atoms with Crippen LogP contribution >= 0.6 is 0 Å². The van der Waals surface area contributed by atoms with Crippen LogP contribution in [0.4, 0.5) is 0 Å². The Balaban J connectivity index is 1.07. The number of hydrogen-bond donors (Lipinski definition) is 0. The summed E-state index contributed by atoms with van der Waals surface area (Å²) < 4.78 is 6.58. The number of fused-ring (bicyclic) bond motifs is 6. The fourth-order valence-electron chi connectivity index (χ4n) is 9.21. The first-order valence-electron chi connectivity index (χ1n) is 20.0. The summed E-state index contributed by atoms with van der Waals surface area (Å²) in [5.41, 5.74) is 13.4. The Morgan fingerprint density at radius 1 is 0.283 bits per heavy atom. The molecule has 0 bridgehead atoms. The van der Waals surface area contributed by atoms with Gasteiger partial charge in [0.05, 0.1) is 0 Å². The molecule has 10 aromatic carbocycles. The molecule has 0 amide bonds. The molecular formula is C54H29B5O. The maximum Gasteiger partial charge on any atom is 0.136 e. The predicted octanol–water partition coefficient (Wildman–Crippen LogP) is 9.35. The van der Waals surface area contributed by atoms with Crippen molar-refractivity contribution in [3.8, 4) is 55.6 Å². The van der Waals surface area contributed by atoms with Crippen molar-refractivity contribution in [3.63, 3.8) is 0 Å². The van der Waals surface area contributed by atoms with Crippen molar-refractivity contribution < 1.29 is 4.42 Å². The third-order valence-corrected chi connectivity index (χ3v) is 12.2. The molecule has 1 aromatic heterocycles. The van der Waals surface area contributed by atoms with Crippen LogP contribution in [0.2, 0.25) is 0 Å². The third-order valence-electron chi connectivity index (χ3n) is 12.2. The van der Waals surface area contributed by atoms with Crippen molar-refractivity contribution in [1.29, 1.82) is 0 Å². The van der Waals surface area contributed by atoms with Gasteiger partial charge in [-0.25, -0.2) is 0 Å². The second-order valence-corrected chi connectivity index (χ2v) is 15.5. The molecule has 6 heteroatoms. The molecule has 0 aliphatic carbocycles. The van der Waals surface area contributed by atoms with Crippen LogP contribution in [0.3, 0.4) is 0 Å². The molecule has 11 aromatic rings. The van der Waals surface area contributed by atoms with Crippen LogP contribution in [0, 0.1) is 0 Å². The minimum absolute atomic E-state index is 0.190. The van der Waals surface area contributed by atoms with E-state index in [0.717, 1.165) is 76.9 Å². The summed E-state index contributed by atoms with van der Waals surface area (Å²) in [5.74, 6) is 0. The van der Waals surface area contributed by atoms with Crippen molar-refractivity contribution in [3.05, 3.63) is 176 Å². The lowest BCUT2D eigenvalue weighted by Crippen LogP contribution is -2.55. The van der Waals surface area contributed by atoms with E-state index in [1.807, 2.05) is 18.2 Å². The lowest BCUT2D eigenvalue weighted by atomic mass is 9.59. The number of furan rings is 1. The van der Waals surface area contributed by atoms with Crippen LogP contribution in [0.25, 0.3) is 110 Å². The van der Waals surface area contributed by atoms with Crippen LogP contribution in [0.5, 0.6) is 0 Å². The van der Waals surface area contributed by atoms with Crippen LogP contribution < -0.4 is 27.3 Å². The van der Waals surface area contributed by atoms with E-state index < -0.39 is 0 Å². The van der Waals surface area contributed by atoms with Crippen LogP contribution in [-0.4, -0.2) is 39.2 Å². The van der Waals surface area contributed by atoms with Gasteiger partial charge in [0.1, 0.15) is 50.4 Å². The highest BCUT2D eigenvalue weighted by Crippen LogP contribution is 2.47. The van der Waals surface area contributed by atoms with E-state index in [0.29, 0.717) is 16.5 Å². The van der Waals surface area contributed by atoms with Gasteiger partial charge in [-0.2, -0.15) is 0 Å². The normalized spacial score (nSPS) is 11.7. The maximum atomic E-state index is 6.73. The summed E-state index contributed by atoms with van der Waals surface area (Å²) in [6.07, 6.45) is 0. The SMILES string of the molecule is [B]c1c([B])c([B])c(-c2c3ccccc3c(-c3cccc4oc5ccc(-c6ccc(-c7ccccc7-c7ccc8ccccc8c7)cc6)cc5c34)c3ccccc23)c([B])c1[B]. The Morgan fingerprint density at radius 3 is 1.45 bits per heavy atom. The van der Waals surface area contributed by atoms with Crippen molar-refractivity contribution in [2.24, 2.45) is 0 Å². The Labute approximate surface area is 355 Å². The topological polar surface area (TPSA) is 13.1 Å². The van der Waals surface area contributed by atoms with Crippen molar-refractivity contribution in [1.82, 2.24) is 0 Å². The molecule has 0 atom stereocenters. The molecule has 0 aliphatic rings. The molecule has 266 valence electrons. The van der Waals surface area contributed by atoms with Gasteiger partial charge < -0.3 is 4.42 Å². The highest BCUT2D eigenvalue weighted by molar-refractivity contribution is 6.69. The van der Waals surface area contributed by atoms with Gasteiger partial charge in [-0.1, -0.05) is 163 Å². The summed E-state index contributed by atoms with van der Waals surface area (Å²) in [4.78, 5) is 0. The smallest absolute Gasteiger partial charge is 0.136 e. The highest BCUT2D eigenvalue weighted by Gasteiger charge is 2.23. The Hall–Kier alpha value is -6.90. The first kappa shape index (κ1) is 36.2. The zero-order valence-corrected chi connectivity index (χ0v) is 32.5. The van der Waals surface area contributed by atoms with Crippen molar-refractivity contribution in [2.45, 2.75) is 0 Å². The lowest BCUT2D eigenvalue weighted by Gasteiger charge is -2.25. The Bertz CT molecular complexity index is 3460. The average Bonchev–Trinajstić information content (AvgIpc) is 3.68. The van der Waals surface area contributed by atoms with E-state index in [4.69, 9.17) is 43.6 Å². The molecule has 60 heavy (non-hydrogen) atoms. The second-order valence-electron chi connectivity index (χ2n) is 15.5. The van der Waals surface area contributed by atoms with Crippen LogP contribution in [0.1, 0.15) is 0 Å². The van der Waals surface area contributed by atoms with Gasteiger partial charge >= 0.3 is 0 Å². The molecule has 1 nitrogen and oxygen atoms in total. The van der Waals surface area contributed by atoms with Gasteiger partial charge in [0.2, 0.25) is 0 Å². The molecule has 10 radical (unpaired) electrons. The van der Waals surface area contributed by atoms with Crippen LogP contribution in [0.15, 0.2) is 180 Å². The van der Waals surface area contributed by atoms with Gasteiger partial charge in [-0.15, -0.1) is 16.4 Å². The van der Waals surface area contributed by atoms with Gasteiger partial charge in [0, 0.05) is 10.8 Å².